The Morgan fingerprint density at radius 3 is 2.38 bits per heavy atom. The first-order valence-corrected chi connectivity index (χ1v) is 7.70. The summed E-state index contributed by atoms with van der Waals surface area (Å²) in [6, 6.07) is 12.6. The highest BCUT2D eigenvalue weighted by atomic mass is 79.9. The average Bonchev–Trinajstić information content (AvgIpc) is 2.52. The molecule has 0 aromatic heterocycles. The molecule has 7 heteroatoms. The normalized spacial score (nSPS) is 11.0. The van der Waals surface area contributed by atoms with Crippen molar-refractivity contribution in [2.24, 2.45) is 0 Å². The van der Waals surface area contributed by atoms with Gasteiger partial charge in [-0.15, -0.1) is 0 Å². The highest BCUT2D eigenvalue weighted by Gasteiger charge is 2.15. The lowest BCUT2D eigenvalue weighted by Crippen LogP contribution is -2.18. The average molecular weight is 389 g/mol. The largest absolute Gasteiger partial charge is 0.322 e. The Morgan fingerprint density at radius 2 is 1.83 bits per heavy atom. The van der Waals surface area contributed by atoms with Crippen LogP contribution in [0, 0.1) is 10.1 Å². The number of nitro groups is 1. The van der Waals surface area contributed by atoms with E-state index in [-0.39, 0.29) is 17.0 Å². The number of nitrogens with zero attached hydrogens (tertiary/aromatic N) is 1. The SMILES string of the molecule is CC(=O)/C(=C\c1cccc(Br)c1)C(=O)Nc1ccc([N+](=O)[O-])cc1. The Hall–Kier alpha value is -2.80. The van der Waals surface area contributed by atoms with Gasteiger partial charge in [0, 0.05) is 22.3 Å². The Morgan fingerprint density at radius 1 is 1.17 bits per heavy atom. The Balaban J connectivity index is 2.23. The number of non-ortho nitro benzene ring substituents is 1. The zero-order chi connectivity index (χ0) is 17.7. The number of ketones is 1. The van der Waals surface area contributed by atoms with Crippen LogP contribution in [0.25, 0.3) is 6.08 Å². The van der Waals surface area contributed by atoms with Crippen molar-refractivity contribution in [1.29, 1.82) is 0 Å². The van der Waals surface area contributed by atoms with Gasteiger partial charge in [-0.05, 0) is 42.8 Å². The molecule has 0 fully saturated rings. The zero-order valence-electron chi connectivity index (χ0n) is 12.7. The minimum Gasteiger partial charge on any atom is -0.322 e. The van der Waals surface area contributed by atoms with Crippen molar-refractivity contribution in [2.45, 2.75) is 6.92 Å². The molecule has 2 aromatic rings. The van der Waals surface area contributed by atoms with Crippen LogP contribution in [-0.2, 0) is 9.59 Å². The first-order valence-electron chi connectivity index (χ1n) is 6.91. The van der Waals surface area contributed by atoms with E-state index >= 15 is 0 Å². The number of anilines is 1. The first-order chi connectivity index (χ1) is 11.4. The molecule has 0 aliphatic rings. The maximum atomic E-state index is 12.3. The third kappa shape index (κ3) is 4.60. The van der Waals surface area contributed by atoms with Crippen molar-refractivity contribution < 1.29 is 14.5 Å². The summed E-state index contributed by atoms with van der Waals surface area (Å²) in [5, 5.41) is 13.2. The number of nitrogens with one attached hydrogen (secondary N) is 1. The lowest BCUT2D eigenvalue weighted by Gasteiger charge is -2.07. The standard InChI is InChI=1S/C17H13BrN2O4/c1-11(21)16(10-12-3-2-4-13(18)9-12)17(22)19-14-5-7-15(8-6-14)20(23)24/h2-10H,1H3,(H,19,22)/b16-10+. The summed E-state index contributed by atoms with van der Waals surface area (Å²) in [5.74, 6) is -0.953. The number of rotatable bonds is 5. The molecule has 0 heterocycles. The smallest absolute Gasteiger partial charge is 0.269 e. The molecule has 0 aliphatic carbocycles. The summed E-state index contributed by atoms with van der Waals surface area (Å²) in [4.78, 5) is 34.2. The van der Waals surface area contributed by atoms with E-state index in [0.717, 1.165) is 4.47 Å². The minimum atomic E-state index is -0.573. The Bertz CT molecular complexity index is 829. The van der Waals surface area contributed by atoms with Crippen LogP contribution in [0.4, 0.5) is 11.4 Å². The zero-order valence-corrected chi connectivity index (χ0v) is 14.2. The van der Waals surface area contributed by atoms with E-state index in [0.29, 0.717) is 11.3 Å². The number of amides is 1. The van der Waals surface area contributed by atoms with Crippen molar-refractivity contribution >= 4 is 45.1 Å². The number of nitro benzene ring substituents is 1. The van der Waals surface area contributed by atoms with Crippen molar-refractivity contribution in [1.82, 2.24) is 0 Å². The summed E-state index contributed by atoms with van der Waals surface area (Å²) in [7, 11) is 0. The van der Waals surface area contributed by atoms with Crippen LogP contribution in [0.3, 0.4) is 0 Å². The Kier molecular flexibility index (Phi) is 5.59. The van der Waals surface area contributed by atoms with Crippen LogP contribution < -0.4 is 5.32 Å². The molecule has 0 atom stereocenters. The number of benzene rings is 2. The molecule has 24 heavy (non-hydrogen) atoms. The number of halogens is 1. The fourth-order valence-corrected chi connectivity index (χ4v) is 2.37. The van der Waals surface area contributed by atoms with Crippen LogP contribution >= 0.6 is 15.9 Å². The second-order valence-corrected chi connectivity index (χ2v) is 5.84. The van der Waals surface area contributed by atoms with Crippen LogP contribution in [0.1, 0.15) is 12.5 Å². The fraction of sp³-hybridized carbons (Fsp3) is 0.0588. The van der Waals surface area contributed by atoms with E-state index in [9.17, 15) is 19.7 Å². The highest BCUT2D eigenvalue weighted by Crippen LogP contribution is 2.18. The summed E-state index contributed by atoms with van der Waals surface area (Å²) in [5.41, 5.74) is 0.983. The van der Waals surface area contributed by atoms with E-state index in [1.54, 1.807) is 18.2 Å². The highest BCUT2D eigenvalue weighted by molar-refractivity contribution is 9.10. The number of hydrogen-bond acceptors (Lipinski definition) is 4. The van der Waals surface area contributed by atoms with Gasteiger partial charge < -0.3 is 5.32 Å². The summed E-state index contributed by atoms with van der Waals surface area (Å²) in [6.07, 6.45) is 1.49. The predicted octanol–water partition coefficient (Wildman–Crippen LogP) is 3.97. The molecule has 0 bridgehead atoms. The lowest BCUT2D eigenvalue weighted by molar-refractivity contribution is -0.384. The molecule has 0 saturated carbocycles. The van der Waals surface area contributed by atoms with Crippen LogP contribution in [0.2, 0.25) is 0 Å². The summed E-state index contributed by atoms with van der Waals surface area (Å²) in [6.45, 7) is 1.30. The first kappa shape index (κ1) is 17.6. The van der Waals surface area contributed by atoms with E-state index in [1.807, 2.05) is 6.07 Å². The molecule has 2 aromatic carbocycles. The topological polar surface area (TPSA) is 89.3 Å². The molecule has 1 amide bonds. The van der Waals surface area contributed by atoms with Gasteiger partial charge >= 0.3 is 0 Å². The van der Waals surface area contributed by atoms with E-state index in [2.05, 4.69) is 21.2 Å². The van der Waals surface area contributed by atoms with Gasteiger partial charge in [-0.2, -0.15) is 0 Å². The van der Waals surface area contributed by atoms with E-state index < -0.39 is 10.8 Å². The van der Waals surface area contributed by atoms with E-state index in [4.69, 9.17) is 0 Å². The van der Waals surface area contributed by atoms with Crippen molar-refractivity contribution in [3.05, 3.63) is 74.3 Å². The molecule has 0 radical (unpaired) electrons. The van der Waals surface area contributed by atoms with Crippen molar-refractivity contribution in [2.75, 3.05) is 5.32 Å². The summed E-state index contributed by atoms with van der Waals surface area (Å²) >= 11 is 3.33. The second-order valence-electron chi connectivity index (χ2n) is 4.93. The monoisotopic (exact) mass is 388 g/mol. The molecule has 0 spiro atoms. The molecule has 1 N–H and O–H groups in total. The predicted molar refractivity (Wildman–Crippen MR) is 94.5 cm³/mol. The van der Waals surface area contributed by atoms with Gasteiger partial charge in [-0.1, -0.05) is 28.1 Å². The minimum absolute atomic E-state index is 0.00791. The van der Waals surface area contributed by atoms with E-state index in [1.165, 1.54) is 37.3 Å². The maximum absolute atomic E-state index is 12.3. The number of hydrogen-bond donors (Lipinski definition) is 1. The van der Waals surface area contributed by atoms with Crippen molar-refractivity contribution in [3.8, 4) is 0 Å². The Labute approximate surface area is 146 Å². The van der Waals surface area contributed by atoms with Gasteiger partial charge in [0.1, 0.15) is 0 Å². The van der Waals surface area contributed by atoms with Crippen LogP contribution in [-0.4, -0.2) is 16.6 Å². The van der Waals surface area contributed by atoms with Crippen molar-refractivity contribution in [3.63, 3.8) is 0 Å². The third-order valence-corrected chi connectivity index (χ3v) is 3.61. The lowest BCUT2D eigenvalue weighted by atomic mass is 10.1. The van der Waals surface area contributed by atoms with Gasteiger partial charge in [0.05, 0.1) is 10.5 Å². The molecule has 2 rings (SSSR count). The number of carbonyl (C=O) groups is 2. The van der Waals surface area contributed by atoms with Crippen LogP contribution in [0.5, 0.6) is 0 Å². The van der Waals surface area contributed by atoms with Gasteiger partial charge in [-0.25, -0.2) is 0 Å². The van der Waals surface area contributed by atoms with Gasteiger partial charge in [0.15, 0.2) is 5.78 Å². The third-order valence-electron chi connectivity index (χ3n) is 3.12. The molecule has 6 nitrogen and oxygen atoms in total. The van der Waals surface area contributed by atoms with Crippen LogP contribution in [0.15, 0.2) is 58.6 Å². The molecule has 122 valence electrons. The maximum Gasteiger partial charge on any atom is 0.269 e. The molecular formula is C17H13BrN2O4. The fourth-order valence-electron chi connectivity index (χ4n) is 1.96. The van der Waals surface area contributed by atoms with Gasteiger partial charge in [0.25, 0.3) is 11.6 Å². The summed E-state index contributed by atoms with van der Waals surface area (Å²) < 4.78 is 0.829. The number of Topliss-reactive ketones (excluding diaryl/α,β-unsaturated/α-hetero) is 1. The molecular weight excluding hydrogens is 376 g/mol. The molecule has 0 saturated heterocycles. The van der Waals surface area contributed by atoms with Gasteiger partial charge in [-0.3, -0.25) is 19.7 Å². The second kappa shape index (κ2) is 7.65. The molecule has 0 aliphatic heterocycles. The quantitative estimate of drug-likeness (QED) is 0.276. The number of carbonyl (C=O) groups excluding carboxylic acids is 2. The molecule has 0 unspecified atom stereocenters. The van der Waals surface area contributed by atoms with Gasteiger partial charge in [0.2, 0.25) is 0 Å².